The van der Waals surface area contributed by atoms with Gasteiger partial charge in [-0.2, -0.15) is 0 Å². The average Bonchev–Trinajstić information content (AvgIpc) is 2.53. The minimum Gasteiger partial charge on any atom is -0.460 e. The summed E-state index contributed by atoms with van der Waals surface area (Å²) in [5, 5.41) is 1.72. The Kier molecular flexibility index (Phi) is 5.39. The maximum absolute atomic E-state index is 12.4. The Labute approximate surface area is 131 Å². The summed E-state index contributed by atoms with van der Waals surface area (Å²) in [4.78, 5) is 14.7. The Bertz CT molecular complexity index is 651. The molecule has 1 atom stereocenters. The zero-order valence-corrected chi connectivity index (χ0v) is 13.5. The van der Waals surface area contributed by atoms with Crippen LogP contribution in [0.15, 0.2) is 36.4 Å². The van der Waals surface area contributed by atoms with Crippen molar-refractivity contribution < 1.29 is 9.53 Å². The second kappa shape index (κ2) is 7.27. The lowest BCUT2D eigenvalue weighted by Crippen LogP contribution is -2.36. The molecule has 0 heterocycles. The summed E-state index contributed by atoms with van der Waals surface area (Å²) in [6, 6.07) is 11.3. The molecule has 118 valence electrons. The molecule has 0 aliphatic rings. The van der Waals surface area contributed by atoms with Gasteiger partial charge >= 0.3 is 5.97 Å². The number of hydrogen-bond acceptors (Lipinski definition) is 4. The van der Waals surface area contributed by atoms with E-state index in [9.17, 15) is 4.79 Å². The maximum Gasteiger partial charge on any atom is 0.338 e. The van der Waals surface area contributed by atoms with Gasteiger partial charge in [0.2, 0.25) is 0 Å². The fourth-order valence-corrected chi connectivity index (χ4v) is 2.74. The molecule has 2 aromatic carbocycles. The van der Waals surface area contributed by atoms with Crippen molar-refractivity contribution in [3.05, 3.63) is 42.0 Å². The molecule has 0 saturated heterocycles. The van der Waals surface area contributed by atoms with E-state index in [-0.39, 0.29) is 12.0 Å². The van der Waals surface area contributed by atoms with Crippen LogP contribution < -0.4 is 5.73 Å². The molecule has 0 spiro atoms. The molecule has 0 aliphatic heterocycles. The third-order valence-corrected chi connectivity index (χ3v) is 4.07. The lowest BCUT2D eigenvalue weighted by atomic mass is 10.0. The van der Waals surface area contributed by atoms with Gasteiger partial charge < -0.3 is 10.5 Å². The van der Waals surface area contributed by atoms with Crippen molar-refractivity contribution in [2.24, 2.45) is 0 Å². The number of anilines is 1. The lowest BCUT2D eigenvalue weighted by Gasteiger charge is -2.25. The molecule has 0 saturated carbocycles. The second-order valence-electron chi connectivity index (χ2n) is 5.42. The molecule has 0 amide bonds. The highest BCUT2D eigenvalue weighted by atomic mass is 16.5. The quantitative estimate of drug-likeness (QED) is 0.657. The van der Waals surface area contributed by atoms with Gasteiger partial charge in [0.25, 0.3) is 0 Å². The van der Waals surface area contributed by atoms with Gasteiger partial charge in [-0.05, 0) is 37.5 Å². The first kappa shape index (κ1) is 16.3. The van der Waals surface area contributed by atoms with E-state index < -0.39 is 0 Å². The molecule has 0 fully saturated rings. The summed E-state index contributed by atoms with van der Waals surface area (Å²) in [5.74, 6) is -0.296. The molecule has 0 bridgehead atoms. The SMILES string of the molecule is CCN(CC)C(C)COC(=O)c1cccc2c(N)cccc12. The van der Waals surface area contributed by atoms with Crippen molar-refractivity contribution >= 4 is 22.4 Å². The van der Waals surface area contributed by atoms with Gasteiger partial charge in [-0.1, -0.05) is 38.1 Å². The number of fused-ring (bicyclic) bond motifs is 1. The van der Waals surface area contributed by atoms with Crippen LogP contribution in [0, 0.1) is 0 Å². The Morgan fingerprint density at radius 3 is 2.45 bits per heavy atom. The van der Waals surface area contributed by atoms with Crippen LogP contribution in [0.3, 0.4) is 0 Å². The van der Waals surface area contributed by atoms with Crippen LogP contribution in [-0.2, 0) is 4.74 Å². The molecular formula is C18H24N2O2. The standard InChI is InChI=1S/C18H24N2O2/c1-4-20(5-2)13(3)12-22-18(21)16-10-6-9-15-14(16)8-7-11-17(15)19/h6-11,13H,4-5,12,19H2,1-3H3. The van der Waals surface area contributed by atoms with Crippen molar-refractivity contribution in [2.75, 3.05) is 25.4 Å². The summed E-state index contributed by atoms with van der Waals surface area (Å²) >= 11 is 0. The van der Waals surface area contributed by atoms with E-state index in [1.54, 1.807) is 6.07 Å². The number of esters is 1. The molecule has 0 aromatic heterocycles. The van der Waals surface area contributed by atoms with E-state index in [1.807, 2.05) is 30.3 Å². The van der Waals surface area contributed by atoms with E-state index in [1.165, 1.54) is 0 Å². The molecule has 0 aliphatic carbocycles. The van der Waals surface area contributed by atoms with Gasteiger partial charge in [0.15, 0.2) is 0 Å². The number of nitrogen functional groups attached to an aromatic ring is 1. The maximum atomic E-state index is 12.4. The topological polar surface area (TPSA) is 55.6 Å². The molecule has 1 unspecified atom stereocenters. The van der Waals surface area contributed by atoms with E-state index >= 15 is 0 Å². The minimum absolute atomic E-state index is 0.207. The molecule has 2 rings (SSSR count). The van der Waals surface area contributed by atoms with Gasteiger partial charge in [-0.15, -0.1) is 0 Å². The zero-order chi connectivity index (χ0) is 16.1. The molecule has 4 nitrogen and oxygen atoms in total. The van der Waals surface area contributed by atoms with E-state index in [4.69, 9.17) is 10.5 Å². The fourth-order valence-electron chi connectivity index (χ4n) is 2.74. The Hall–Kier alpha value is -2.07. The van der Waals surface area contributed by atoms with Crippen LogP contribution in [0.4, 0.5) is 5.69 Å². The van der Waals surface area contributed by atoms with Gasteiger partial charge in [-0.3, -0.25) is 4.90 Å². The molecular weight excluding hydrogens is 276 g/mol. The van der Waals surface area contributed by atoms with Crippen LogP contribution in [0.1, 0.15) is 31.1 Å². The highest BCUT2D eigenvalue weighted by Crippen LogP contribution is 2.24. The predicted molar refractivity (Wildman–Crippen MR) is 91.0 cm³/mol. The number of nitrogens with two attached hydrogens (primary N) is 1. The van der Waals surface area contributed by atoms with Crippen LogP contribution in [0.5, 0.6) is 0 Å². The van der Waals surface area contributed by atoms with Crippen molar-refractivity contribution in [2.45, 2.75) is 26.8 Å². The monoisotopic (exact) mass is 300 g/mol. The number of benzene rings is 2. The van der Waals surface area contributed by atoms with Crippen LogP contribution in [0.2, 0.25) is 0 Å². The average molecular weight is 300 g/mol. The van der Waals surface area contributed by atoms with Gasteiger partial charge in [0.05, 0.1) is 5.56 Å². The molecule has 4 heteroatoms. The summed E-state index contributed by atoms with van der Waals surface area (Å²) in [7, 11) is 0. The highest BCUT2D eigenvalue weighted by Gasteiger charge is 2.16. The lowest BCUT2D eigenvalue weighted by molar-refractivity contribution is 0.0384. The number of hydrogen-bond donors (Lipinski definition) is 1. The molecule has 22 heavy (non-hydrogen) atoms. The normalized spacial score (nSPS) is 12.5. The molecule has 2 aromatic rings. The number of nitrogens with zero attached hydrogens (tertiary/aromatic N) is 1. The van der Waals surface area contributed by atoms with Crippen LogP contribution >= 0.6 is 0 Å². The Morgan fingerprint density at radius 2 is 1.77 bits per heavy atom. The Morgan fingerprint density at radius 1 is 1.14 bits per heavy atom. The van der Waals surface area contributed by atoms with Crippen molar-refractivity contribution in [3.8, 4) is 0 Å². The number of carbonyl (C=O) groups is 1. The largest absolute Gasteiger partial charge is 0.460 e. The highest BCUT2D eigenvalue weighted by molar-refractivity contribution is 6.07. The van der Waals surface area contributed by atoms with Crippen molar-refractivity contribution in [1.29, 1.82) is 0 Å². The molecule has 2 N–H and O–H groups in total. The number of ether oxygens (including phenoxy) is 1. The first-order chi connectivity index (χ1) is 10.6. The van der Waals surface area contributed by atoms with E-state index in [2.05, 4.69) is 25.7 Å². The number of likely N-dealkylation sites (N-methyl/N-ethyl adjacent to an activating group) is 1. The Balaban J connectivity index is 2.15. The predicted octanol–water partition coefficient (Wildman–Crippen LogP) is 3.31. The van der Waals surface area contributed by atoms with Crippen LogP contribution in [-0.4, -0.2) is 36.6 Å². The zero-order valence-electron chi connectivity index (χ0n) is 13.5. The smallest absolute Gasteiger partial charge is 0.338 e. The number of carbonyl (C=O) groups excluding carboxylic acids is 1. The summed E-state index contributed by atoms with van der Waals surface area (Å²) in [5.41, 5.74) is 7.20. The van der Waals surface area contributed by atoms with Gasteiger partial charge in [-0.25, -0.2) is 4.79 Å². The summed E-state index contributed by atoms with van der Waals surface area (Å²) in [6.45, 7) is 8.56. The van der Waals surface area contributed by atoms with Crippen molar-refractivity contribution in [3.63, 3.8) is 0 Å². The first-order valence-electron chi connectivity index (χ1n) is 7.76. The number of rotatable bonds is 6. The van der Waals surface area contributed by atoms with Crippen LogP contribution in [0.25, 0.3) is 10.8 Å². The minimum atomic E-state index is -0.296. The van der Waals surface area contributed by atoms with E-state index in [0.29, 0.717) is 17.9 Å². The third-order valence-electron chi connectivity index (χ3n) is 4.07. The van der Waals surface area contributed by atoms with E-state index in [0.717, 1.165) is 23.9 Å². The second-order valence-corrected chi connectivity index (χ2v) is 5.42. The van der Waals surface area contributed by atoms with Crippen molar-refractivity contribution in [1.82, 2.24) is 4.90 Å². The first-order valence-corrected chi connectivity index (χ1v) is 7.76. The molecule has 0 radical (unpaired) electrons. The van der Waals surface area contributed by atoms with Gasteiger partial charge in [0.1, 0.15) is 6.61 Å². The fraction of sp³-hybridized carbons (Fsp3) is 0.389. The summed E-state index contributed by atoms with van der Waals surface area (Å²) < 4.78 is 5.50. The third kappa shape index (κ3) is 3.39. The van der Waals surface area contributed by atoms with Gasteiger partial charge in [0, 0.05) is 17.1 Å². The summed E-state index contributed by atoms with van der Waals surface area (Å²) in [6.07, 6.45) is 0.